The maximum atomic E-state index is 6.06. The van der Waals surface area contributed by atoms with Crippen LogP contribution in [0.3, 0.4) is 0 Å². The van der Waals surface area contributed by atoms with Crippen LogP contribution < -0.4 is 4.74 Å². The highest BCUT2D eigenvalue weighted by molar-refractivity contribution is 6.30. The van der Waals surface area contributed by atoms with Crippen molar-refractivity contribution in [1.29, 1.82) is 0 Å². The van der Waals surface area contributed by atoms with Crippen LogP contribution in [0.4, 0.5) is 0 Å². The van der Waals surface area contributed by atoms with Gasteiger partial charge in [-0.2, -0.15) is 5.10 Å². The Kier molecular flexibility index (Phi) is 3.92. The van der Waals surface area contributed by atoms with Crippen molar-refractivity contribution in [3.63, 3.8) is 0 Å². The standard InChI is InChI=1S/C15H18ClN3O/c1-20-13-8-7-11(16)9-12(13)15-17-14(18-19-15)10-5-3-2-4-6-10/h7-10H,2-6H2,1H3,(H,17,18,19). The second kappa shape index (κ2) is 5.83. The lowest BCUT2D eigenvalue weighted by atomic mass is 9.89. The molecular formula is C15H18ClN3O. The van der Waals surface area contributed by atoms with Crippen molar-refractivity contribution in [2.45, 2.75) is 38.0 Å². The Morgan fingerprint density at radius 3 is 2.80 bits per heavy atom. The molecule has 1 aromatic carbocycles. The van der Waals surface area contributed by atoms with Gasteiger partial charge in [-0.3, -0.25) is 5.10 Å². The van der Waals surface area contributed by atoms with E-state index in [1.807, 2.05) is 12.1 Å². The molecule has 1 saturated carbocycles. The minimum Gasteiger partial charge on any atom is -0.496 e. The second-order valence-electron chi connectivity index (χ2n) is 5.22. The summed E-state index contributed by atoms with van der Waals surface area (Å²) < 4.78 is 5.36. The lowest BCUT2D eigenvalue weighted by molar-refractivity contribution is 0.416. The first kappa shape index (κ1) is 13.4. The zero-order chi connectivity index (χ0) is 13.9. The van der Waals surface area contributed by atoms with E-state index in [2.05, 4.69) is 15.2 Å². The second-order valence-corrected chi connectivity index (χ2v) is 5.66. The van der Waals surface area contributed by atoms with E-state index in [9.17, 15) is 0 Å². The summed E-state index contributed by atoms with van der Waals surface area (Å²) in [7, 11) is 1.64. The van der Waals surface area contributed by atoms with E-state index < -0.39 is 0 Å². The average molecular weight is 292 g/mol. The molecule has 0 bridgehead atoms. The third kappa shape index (κ3) is 2.66. The summed E-state index contributed by atoms with van der Waals surface area (Å²) in [6.45, 7) is 0. The van der Waals surface area contributed by atoms with Crippen LogP contribution in [0.2, 0.25) is 5.02 Å². The summed E-state index contributed by atoms with van der Waals surface area (Å²) in [5.41, 5.74) is 0.832. The number of aromatic amines is 1. The van der Waals surface area contributed by atoms with Gasteiger partial charge in [0.25, 0.3) is 0 Å². The number of benzene rings is 1. The number of halogens is 1. The topological polar surface area (TPSA) is 50.8 Å². The molecule has 20 heavy (non-hydrogen) atoms. The summed E-state index contributed by atoms with van der Waals surface area (Å²) in [6, 6.07) is 5.49. The third-order valence-electron chi connectivity index (χ3n) is 3.90. The van der Waals surface area contributed by atoms with Crippen molar-refractivity contribution in [1.82, 2.24) is 15.2 Å². The minimum absolute atomic E-state index is 0.509. The molecule has 4 nitrogen and oxygen atoms in total. The Balaban J connectivity index is 1.91. The molecule has 0 radical (unpaired) electrons. The lowest BCUT2D eigenvalue weighted by Gasteiger charge is -2.18. The Hall–Kier alpha value is -1.55. The first-order chi connectivity index (χ1) is 9.78. The Labute approximate surface area is 123 Å². The van der Waals surface area contributed by atoms with Gasteiger partial charge in [-0.25, -0.2) is 4.98 Å². The van der Waals surface area contributed by atoms with Crippen LogP contribution in [0, 0.1) is 0 Å². The van der Waals surface area contributed by atoms with E-state index in [-0.39, 0.29) is 0 Å². The number of nitrogens with zero attached hydrogens (tertiary/aromatic N) is 2. The van der Waals surface area contributed by atoms with Crippen molar-refractivity contribution in [3.8, 4) is 17.1 Å². The fraction of sp³-hybridized carbons (Fsp3) is 0.467. The molecule has 0 atom stereocenters. The molecule has 1 heterocycles. The molecule has 5 heteroatoms. The number of H-pyrrole nitrogens is 1. The summed E-state index contributed by atoms with van der Waals surface area (Å²) >= 11 is 6.06. The molecule has 106 valence electrons. The van der Waals surface area contributed by atoms with Crippen molar-refractivity contribution in [3.05, 3.63) is 29.0 Å². The van der Waals surface area contributed by atoms with Crippen molar-refractivity contribution >= 4 is 11.6 Å². The molecule has 1 aliphatic rings. The van der Waals surface area contributed by atoms with Crippen molar-refractivity contribution < 1.29 is 4.74 Å². The van der Waals surface area contributed by atoms with E-state index in [0.717, 1.165) is 17.1 Å². The van der Waals surface area contributed by atoms with Gasteiger partial charge in [0.05, 0.1) is 12.7 Å². The maximum absolute atomic E-state index is 6.06. The van der Waals surface area contributed by atoms with Gasteiger partial charge in [0.2, 0.25) is 0 Å². The van der Waals surface area contributed by atoms with Gasteiger partial charge in [0.15, 0.2) is 5.82 Å². The zero-order valence-corrected chi connectivity index (χ0v) is 12.3. The quantitative estimate of drug-likeness (QED) is 0.923. The van der Waals surface area contributed by atoms with E-state index >= 15 is 0 Å². The van der Waals surface area contributed by atoms with E-state index in [4.69, 9.17) is 16.3 Å². The molecule has 0 spiro atoms. The number of methoxy groups -OCH3 is 1. The SMILES string of the molecule is COc1ccc(Cl)cc1-c1n[nH]c(C2CCCCC2)n1. The van der Waals surface area contributed by atoms with Crippen LogP contribution in [0.5, 0.6) is 5.75 Å². The highest BCUT2D eigenvalue weighted by atomic mass is 35.5. The number of rotatable bonds is 3. The normalized spacial score (nSPS) is 16.3. The van der Waals surface area contributed by atoms with Gasteiger partial charge in [-0.05, 0) is 31.0 Å². The third-order valence-corrected chi connectivity index (χ3v) is 4.13. The highest BCUT2D eigenvalue weighted by Gasteiger charge is 2.20. The monoisotopic (exact) mass is 291 g/mol. The van der Waals surface area contributed by atoms with E-state index in [1.165, 1.54) is 32.1 Å². The number of hydrogen-bond acceptors (Lipinski definition) is 3. The summed E-state index contributed by atoms with van der Waals surface area (Å²) in [5, 5.41) is 8.08. The van der Waals surface area contributed by atoms with Crippen LogP contribution in [0.15, 0.2) is 18.2 Å². The Morgan fingerprint density at radius 1 is 1.25 bits per heavy atom. The molecule has 0 amide bonds. The number of ether oxygens (including phenoxy) is 1. The predicted molar refractivity (Wildman–Crippen MR) is 79.2 cm³/mol. The van der Waals surface area contributed by atoms with Crippen LogP contribution >= 0.6 is 11.6 Å². The number of hydrogen-bond donors (Lipinski definition) is 1. The lowest BCUT2D eigenvalue weighted by Crippen LogP contribution is -2.06. The highest BCUT2D eigenvalue weighted by Crippen LogP contribution is 2.34. The van der Waals surface area contributed by atoms with Gasteiger partial charge in [0, 0.05) is 10.9 Å². The molecule has 0 saturated heterocycles. The molecule has 3 rings (SSSR count). The minimum atomic E-state index is 0.509. The first-order valence-corrected chi connectivity index (χ1v) is 7.42. The molecule has 1 aromatic heterocycles. The average Bonchev–Trinajstić information content (AvgIpc) is 2.98. The fourth-order valence-corrected chi connectivity index (χ4v) is 2.98. The van der Waals surface area contributed by atoms with Crippen LogP contribution in [0.1, 0.15) is 43.8 Å². The van der Waals surface area contributed by atoms with Gasteiger partial charge < -0.3 is 4.74 Å². The molecule has 1 fully saturated rings. The van der Waals surface area contributed by atoms with E-state index in [0.29, 0.717) is 16.8 Å². The molecule has 1 N–H and O–H groups in total. The molecule has 2 aromatic rings. The largest absolute Gasteiger partial charge is 0.496 e. The van der Waals surface area contributed by atoms with Crippen molar-refractivity contribution in [2.75, 3.05) is 7.11 Å². The van der Waals surface area contributed by atoms with Crippen LogP contribution in [-0.2, 0) is 0 Å². The summed E-state index contributed by atoms with van der Waals surface area (Å²) in [6.07, 6.45) is 6.28. The van der Waals surface area contributed by atoms with Gasteiger partial charge in [-0.1, -0.05) is 30.9 Å². The molecule has 1 aliphatic carbocycles. The van der Waals surface area contributed by atoms with Crippen LogP contribution in [0.25, 0.3) is 11.4 Å². The predicted octanol–water partition coefficient (Wildman–Crippen LogP) is 4.18. The maximum Gasteiger partial charge on any atom is 0.184 e. The zero-order valence-electron chi connectivity index (χ0n) is 11.5. The van der Waals surface area contributed by atoms with Gasteiger partial charge in [-0.15, -0.1) is 0 Å². The Morgan fingerprint density at radius 2 is 2.05 bits per heavy atom. The molecule has 0 aliphatic heterocycles. The number of nitrogens with one attached hydrogen (secondary N) is 1. The smallest absolute Gasteiger partial charge is 0.184 e. The number of aromatic nitrogens is 3. The molecular weight excluding hydrogens is 274 g/mol. The summed E-state index contributed by atoms with van der Waals surface area (Å²) in [5.74, 6) is 2.89. The Bertz CT molecular complexity index is 591. The van der Waals surface area contributed by atoms with E-state index in [1.54, 1.807) is 13.2 Å². The molecule has 0 unspecified atom stereocenters. The van der Waals surface area contributed by atoms with Gasteiger partial charge in [0.1, 0.15) is 11.6 Å². The van der Waals surface area contributed by atoms with Crippen molar-refractivity contribution in [2.24, 2.45) is 0 Å². The first-order valence-electron chi connectivity index (χ1n) is 7.04. The summed E-state index contributed by atoms with van der Waals surface area (Å²) in [4.78, 5) is 4.65. The van der Waals surface area contributed by atoms with Crippen LogP contribution in [-0.4, -0.2) is 22.3 Å². The fourth-order valence-electron chi connectivity index (χ4n) is 2.81. The van der Waals surface area contributed by atoms with Gasteiger partial charge >= 0.3 is 0 Å².